The van der Waals surface area contributed by atoms with E-state index in [2.05, 4.69) is 16.3 Å². The molecule has 1 aliphatic heterocycles. The number of aryl methyl sites for hydroxylation is 2. The number of urea groups is 1. The van der Waals surface area contributed by atoms with Gasteiger partial charge >= 0.3 is 6.03 Å². The highest BCUT2D eigenvalue weighted by atomic mass is 16.2. The number of anilines is 1. The molecular weight excluding hydrogens is 266 g/mol. The maximum atomic E-state index is 12.3. The molecule has 114 valence electrons. The van der Waals surface area contributed by atoms with Crippen LogP contribution in [0.4, 0.5) is 10.5 Å². The maximum absolute atomic E-state index is 12.3. The summed E-state index contributed by atoms with van der Waals surface area (Å²) in [6.45, 7) is 7.89. The van der Waals surface area contributed by atoms with Crippen molar-refractivity contribution in [2.24, 2.45) is 0 Å². The second-order valence-electron chi connectivity index (χ2n) is 5.53. The van der Waals surface area contributed by atoms with Gasteiger partial charge in [-0.1, -0.05) is 17.7 Å². The van der Waals surface area contributed by atoms with Crippen molar-refractivity contribution in [1.29, 1.82) is 0 Å². The van der Waals surface area contributed by atoms with Crippen LogP contribution in [0, 0.1) is 13.8 Å². The normalized spacial score (nSPS) is 15.8. The molecule has 0 bridgehead atoms. The number of benzene rings is 1. The summed E-state index contributed by atoms with van der Waals surface area (Å²) in [5.74, 6) is 0. The van der Waals surface area contributed by atoms with Crippen LogP contribution >= 0.6 is 0 Å². The summed E-state index contributed by atoms with van der Waals surface area (Å²) in [5.41, 5.74) is 3.14. The van der Waals surface area contributed by atoms with Gasteiger partial charge in [0.25, 0.3) is 0 Å². The summed E-state index contributed by atoms with van der Waals surface area (Å²) in [6.07, 6.45) is 1.51. The SMILES string of the molecule is Cc1ccc(NC(=O)N2CCN(CCC=O)CC2)c(C)c1. The fourth-order valence-corrected chi connectivity index (χ4v) is 2.56. The van der Waals surface area contributed by atoms with Crippen LogP contribution in [0.2, 0.25) is 0 Å². The van der Waals surface area contributed by atoms with Gasteiger partial charge in [0.1, 0.15) is 6.29 Å². The van der Waals surface area contributed by atoms with Gasteiger partial charge in [-0.25, -0.2) is 4.79 Å². The molecule has 21 heavy (non-hydrogen) atoms. The Morgan fingerprint density at radius 1 is 1.24 bits per heavy atom. The summed E-state index contributed by atoms with van der Waals surface area (Å²) in [7, 11) is 0. The monoisotopic (exact) mass is 289 g/mol. The summed E-state index contributed by atoms with van der Waals surface area (Å²) >= 11 is 0. The summed E-state index contributed by atoms with van der Waals surface area (Å²) in [6, 6.07) is 5.97. The van der Waals surface area contributed by atoms with Gasteiger partial charge in [0.05, 0.1) is 0 Å². The van der Waals surface area contributed by atoms with E-state index in [9.17, 15) is 9.59 Å². The lowest BCUT2D eigenvalue weighted by Crippen LogP contribution is -2.50. The van der Waals surface area contributed by atoms with E-state index >= 15 is 0 Å². The molecule has 0 aromatic heterocycles. The fraction of sp³-hybridized carbons (Fsp3) is 0.500. The Morgan fingerprint density at radius 2 is 1.95 bits per heavy atom. The van der Waals surface area contributed by atoms with Gasteiger partial charge in [0.15, 0.2) is 0 Å². The predicted molar refractivity (Wildman–Crippen MR) is 83.6 cm³/mol. The molecule has 1 aromatic rings. The van der Waals surface area contributed by atoms with Crippen LogP contribution in [-0.4, -0.2) is 54.8 Å². The van der Waals surface area contributed by atoms with Crippen molar-refractivity contribution >= 4 is 18.0 Å². The number of nitrogens with one attached hydrogen (secondary N) is 1. The summed E-state index contributed by atoms with van der Waals surface area (Å²) in [5, 5.41) is 2.98. The molecule has 1 aromatic carbocycles. The highest BCUT2D eigenvalue weighted by Crippen LogP contribution is 2.17. The molecule has 5 nitrogen and oxygen atoms in total. The largest absolute Gasteiger partial charge is 0.322 e. The van der Waals surface area contributed by atoms with Crippen molar-refractivity contribution < 1.29 is 9.59 Å². The van der Waals surface area contributed by atoms with E-state index in [1.54, 1.807) is 0 Å². The third kappa shape index (κ3) is 4.29. The fourth-order valence-electron chi connectivity index (χ4n) is 2.56. The van der Waals surface area contributed by atoms with Gasteiger partial charge < -0.3 is 15.0 Å². The zero-order valence-corrected chi connectivity index (χ0v) is 12.8. The topological polar surface area (TPSA) is 52.7 Å². The molecule has 1 saturated heterocycles. The van der Waals surface area contributed by atoms with Crippen LogP contribution in [0.1, 0.15) is 17.5 Å². The van der Waals surface area contributed by atoms with E-state index in [0.717, 1.165) is 37.2 Å². The Morgan fingerprint density at radius 3 is 2.57 bits per heavy atom. The van der Waals surface area contributed by atoms with E-state index in [0.29, 0.717) is 19.5 Å². The molecular formula is C16H23N3O2. The molecule has 0 unspecified atom stereocenters. The Labute approximate surface area is 125 Å². The lowest BCUT2D eigenvalue weighted by molar-refractivity contribution is -0.108. The quantitative estimate of drug-likeness (QED) is 0.863. The molecule has 0 atom stereocenters. The smallest absolute Gasteiger partial charge is 0.321 e. The Hall–Kier alpha value is -1.88. The van der Waals surface area contributed by atoms with Crippen molar-refractivity contribution in [2.45, 2.75) is 20.3 Å². The van der Waals surface area contributed by atoms with E-state index in [1.165, 1.54) is 5.56 Å². The number of amides is 2. The first kappa shape index (κ1) is 15.5. The Bertz CT molecular complexity index is 508. The second-order valence-corrected chi connectivity index (χ2v) is 5.53. The molecule has 1 heterocycles. The molecule has 5 heteroatoms. The van der Waals surface area contributed by atoms with Crippen LogP contribution in [0.25, 0.3) is 0 Å². The first-order chi connectivity index (χ1) is 10.1. The lowest BCUT2D eigenvalue weighted by atomic mass is 10.1. The second kappa shape index (κ2) is 7.22. The summed E-state index contributed by atoms with van der Waals surface area (Å²) < 4.78 is 0. The first-order valence-electron chi connectivity index (χ1n) is 7.39. The Kier molecular flexibility index (Phi) is 5.33. The van der Waals surface area contributed by atoms with Gasteiger partial charge in [-0.3, -0.25) is 4.90 Å². The molecule has 0 radical (unpaired) electrons. The third-order valence-electron chi connectivity index (χ3n) is 3.85. The molecule has 2 amide bonds. The molecule has 0 aliphatic carbocycles. The van der Waals surface area contributed by atoms with Crippen LogP contribution < -0.4 is 5.32 Å². The number of piperazine rings is 1. The number of hydrogen-bond acceptors (Lipinski definition) is 3. The number of nitrogens with zero attached hydrogens (tertiary/aromatic N) is 2. The van der Waals surface area contributed by atoms with Crippen LogP contribution in [0.3, 0.4) is 0 Å². The number of rotatable bonds is 4. The Balaban J connectivity index is 1.86. The lowest BCUT2D eigenvalue weighted by Gasteiger charge is -2.34. The third-order valence-corrected chi connectivity index (χ3v) is 3.85. The molecule has 2 rings (SSSR count). The highest BCUT2D eigenvalue weighted by Gasteiger charge is 2.20. The van der Waals surface area contributed by atoms with E-state index in [1.807, 2.05) is 30.9 Å². The van der Waals surface area contributed by atoms with E-state index < -0.39 is 0 Å². The average molecular weight is 289 g/mol. The zero-order valence-electron chi connectivity index (χ0n) is 12.8. The van der Waals surface area contributed by atoms with Gasteiger partial charge in [-0.05, 0) is 25.5 Å². The van der Waals surface area contributed by atoms with Gasteiger partial charge in [-0.15, -0.1) is 0 Å². The van der Waals surface area contributed by atoms with Gasteiger partial charge in [0, 0.05) is 44.8 Å². The highest BCUT2D eigenvalue weighted by molar-refractivity contribution is 5.90. The van der Waals surface area contributed by atoms with Crippen LogP contribution in [0.5, 0.6) is 0 Å². The van der Waals surface area contributed by atoms with Crippen molar-refractivity contribution in [3.8, 4) is 0 Å². The minimum atomic E-state index is -0.0445. The van der Waals surface area contributed by atoms with Crippen molar-refractivity contribution in [2.75, 3.05) is 38.0 Å². The molecule has 1 N–H and O–H groups in total. The minimum absolute atomic E-state index is 0.0445. The zero-order chi connectivity index (χ0) is 15.2. The van der Waals surface area contributed by atoms with Crippen molar-refractivity contribution in [3.63, 3.8) is 0 Å². The summed E-state index contributed by atoms with van der Waals surface area (Å²) in [4.78, 5) is 26.7. The van der Waals surface area contributed by atoms with Crippen molar-refractivity contribution in [3.05, 3.63) is 29.3 Å². The number of carbonyl (C=O) groups excluding carboxylic acids is 2. The molecule has 1 fully saturated rings. The molecule has 0 spiro atoms. The maximum Gasteiger partial charge on any atom is 0.321 e. The molecule has 1 aliphatic rings. The first-order valence-corrected chi connectivity index (χ1v) is 7.39. The van der Waals surface area contributed by atoms with Crippen LogP contribution in [0.15, 0.2) is 18.2 Å². The number of carbonyl (C=O) groups is 2. The molecule has 0 saturated carbocycles. The number of aldehydes is 1. The van der Waals surface area contributed by atoms with Crippen LogP contribution in [-0.2, 0) is 4.79 Å². The van der Waals surface area contributed by atoms with E-state index in [4.69, 9.17) is 0 Å². The predicted octanol–water partition coefficient (Wildman–Crippen LogP) is 2.04. The van der Waals surface area contributed by atoms with Crippen molar-refractivity contribution in [1.82, 2.24) is 9.80 Å². The number of hydrogen-bond donors (Lipinski definition) is 1. The van der Waals surface area contributed by atoms with Gasteiger partial charge in [0.2, 0.25) is 0 Å². The standard InChI is InChI=1S/C16H23N3O2/c1-13-4-5-15(14(2)12-13)17-16(21)19-9-7-18(8-10-19)6-3-11-20/h4-5,11-12H,3,6-10H2,1-2H3,(H,17,21). The van der Waals surface area contributed by atoms with E-state index in [-0.39, 0.29) is 6.03 Å². The average Bonchev–Trinajstić information content (AvgIpc) is 2.48. The minimum Gasteiger partial charge on any atom is -0.322 e. The van der Waals surface area contributed by atoms with Gasteiger partial charge in [-0.2, -0.15) is 0 Å².